The number of hydrogen-bond acceptors (Lipinski definition) is 6. The zero-order valence-corrected chi connectivity index (χ0v) is 16.8. The van der Waals surface area contributed by atoms with Gasteiger partial charge in [0, 0.05) is 30.9 Å². The molecule has 5 rings (SSSR count). The number of benzene rings is 1. The third kappa shape index (κ3) is 3.36. The number of amides is 1. The van der Waals surface area contributed by atoms with Crippen LogP contribution in [0.1, 0.15) is 25.5 Å². The summed E-state index contributed by atoms with van der Waals surface area (Å²) in [6.07, 6.45) is 5.07. The van der Waals surface area contributed by atoms with Crippen molar-refractivity contribution in [2.45, 2.75) is 19.8 Å². The van der Waals surface area contributed by atoms with Gasteiger partial charge < -0.3 is 15.2 Å². The summed E-state index contributed by atoms with van der Waals surface area (Å²) < 4.78 is 1.13. The Morgan fingerprint density at radius 1 is 1.28 bits per heavy atom. The van der Waals surface area contributed by atoms with Crippen LogP contribution in [0, 0.1) is 0 Å². The highest BCUT2D eigenvalue weighted by Gasteiger charge is 2.18. The topological polar surface area (TPSA) is 86.8 Å². The monoisotopic (exact) mass is 404 g/mol. The van der Waals surface area contributed by atoms with Gasteiger partial charge >= 0.3 is 0 Å². The number of H-pyrrole nitrogens is 1. The minimum Gasteiger partial charge on any atom is -0.340 e. The lowest BCUT2D eigenvalue weighted by atomic mass is 10.0. The van der Waals surface area contributed by atoms with Crippen LogP contribution in [0.3, 0.4) is 0 Å². The first kappa shape index (κ1) is 17.8. The van der Waals surface area contributed by atoms with Crippen molar-refractivity contribution in [3.8, 4) is 0 Å². The van der Waals surface area contributed by atoms with Crippen LogP contribution in [0.5, 0.6) is 0 Å². The summed E-state index contributed by atoms with van der Waals surface area (Å²) in [5.74, 6) is 0.966. The Hall–Kier alpha value is -3.26. The van der Waals surface area contributed by atoms with Crippen molar-refractivity contribution in [3.63, 3.8) is 0 Å². The number of rotatable bonds is 4. The largest absolute Gasteiger partial charge is 0.340 e. The van der Waals surface area contributed by atoms with Crippen LogP contribution >= 0.6 is 11.3 Å². The van der Waals surface area contributed by atoms with Crippen LogP contribution in [0.4, 0.5) is 11.5 Å². The van der Waals surface area contributed by atoms with E-state index in [2.05, 4.69) is 43.5 Å². The summed E-state index contributed by atoms with van der Waals surface area (Å²) in [4.78, 5) is 30.4. The first-order chi connectivity index (χ1) is 14.2. The molecule has 0 atom stereocenters. The van der Waals surface area contributed by atoms with E-state index < -0.39 is 0 Å². The summed E-state index contributed by atoms with van der Waals surface area (Å²) in [6.45, 7) is 3.31. The third-order valence-electron chi connectivity index (χ3n) is 5.23. The lowest BCUT2D eigenvalue weighted by Gasteiger charge is -2.25. The maximum absolute atomic E-state index is 11.9. The lowest BCUT2D eigenvalue weighted by molar-refractivity contribution is -0.130. The minimum atomic E-state index is 0.201. The molecule has 0 saturated heterocycles. The number of nitrogens with zero attached hydrogens (tertiary/aromatic N) is 4. The van der Waals surface area contributed by atoms with E-state index in [-0.39, 0.29) is 5.91 Å². The van der Waals surface area contributed by atoms with Gasteiger partial charge in [-0.2, -0.15) is 0 Å². The van der Waals surface area contributed by atoms with Gasteiger partial charge in [-0.15, -0.1) is 11.3 Å². The second-order valence-corrected chi connectivity index (χ2v) is 7.89. The van der Waals surface area contributed by atoms with Gasteiger partial charge in [0.2, 0.25) is 5.91 Å². The molecule has 1 amide bonds. The maximum Gasteiger partial charge on any atom is 0.222 e. The van der Waals surface area contributed by atoms with E-state index >= 15 is 0 Å². The van der Waals surface area contributed by atoms with Gasteiger partial charge in [0.1, 0.15) is 17.8 Å². The predicted molar refractivity (Wildman–Crippen MR) is 116 cm³/mol. The number of nitrogens with one attached hydrogen (secondary N) is 2. The predicted octanol–water partition coefficient (Wildman–Crippen LogP) is 4.34. The zero-order valence-electron chi connectivity index (χ0n) is 16.0. The van der Waals surface area contributed by atoms with Gasteiger partial charge in [-0.1, -0.05) is 13.0 Å². The summed E-state index contributed by atoms with van der Waals surface area (Å²) in [5, 5.41) is 4.35. The van der Waals surface area contributed by atoms with Crippen LogP contribution in [-0.2, 0) is 4.79 Å². The minimum absolute atomic E-state index is 0.201. The van der Waals surface area contributed by atoms with Crippen LogP contribution < -0.4 is 5.32 Å². The first-order valence-electron chi connectivity index (χ1n) is 9.62. The molecule has 0 saturated carbocycles. The molecule has 8 heteroatoms. The molecule has 4 heterocycles. The molecule has 29 heavy (non-hydrogen) atoms. The van der Waals surface area contributed by atoms with Gasteiger partial charge in [-0.25, -0.2) is 15.0 Å². The summed E-state index contributed by atoms with van der Waals surface area (Å²) in [7, 11) is 0. The molecule has 2 N–H and O–H groups in total. The van der Waals surface area contributed by atoms with Gasteiger partial charge in [0.15, 0.2) is 0 Å². The molecule has 0 aliphatic carbocycles. The number of carbonyl (C=O) groups is 1. The van der Waals surface area contributed by atoms with Crippen LogP contribution in [0.2, 0.25) is 0 Å². The second kappa shape index (κ2) is 7.29. The molecular weight excluding hydrogens is 384 g/mol. The van der Waals surface area contributed by atoms with Crippen molar-refractivity contribution >= 4 is 55.6 Å². The van der Waals surface area contributed by atoms with E-state index in [1.54, 1.807) is 17.7 Å². The fourth-order valence-corrected chi connectivity index (χ4v) is 4.36. The molecule has 0 radical (unpaired) electrons. The normalized spacial score (nSPS) is 14.4. The maximum atomic E-state index is 11.9. The number of thiazole rings is 1. The third-order valence-corrected chi connectivity index (χ3v) is 6.02. The first-order valence-corrected chi connectivity index (χ1v) is 10.5. The summed E-state index contributed by atoms with van der Waals surface area (Å²) in [6, 6.07) is 8.18. The van der Waals surface area contributed by atoms with Crippen LogP contribution in [0.25, 0.3) is 26.8 Å². The van der Waals surface area contributed by atoms with Gasteiger partial charge in [0.25, 0.3) is 0 Å². The summed E-state index contributed by atoms with van der Waals surface area (Å²) in [5.41, 5.74) is 6.85. The number of hydrogen-bond donors (Lipinski definition) is 2. The Morgan fingerprint density at radius 3 is 3.03 bits per heavy atom. The molecule has 0 unspecified atom stereocenters. The quantitative estimate of drug-likeness (QED) is 0.528. The average molecular weight is 404 g/mol. The molecule has 0 bridgehead atoms. The summed E-state index contributed by atoms with van der Waals surface area (Å²) >= 11 is 1.62. The van der Waals surface area contributed by atoms with E-state index in [4.69, 9.17) is 0 Å². The molecule has 7 nitrogen and oxygen atoms in total. The van der Waals surface area contributed by atoms with Gasteiger partial charge in [-0.05, 0) is 36.3 Å². The number of aromatic amines is 1. The molecule has 0 fully saturated rings. The molecule has 1 aliphatic heterocycles. The van der Waals surface area contributed by atoms with Crippen LogP contribution in [0.15, 0.2) is 42.2 Å². The number of aromatic nitrogens is 4. The standard InChI is InChI=1S/C21H20N6OS/c1-2-19(28)27-7-5-13(6-8-27)17-10-15-20(22-11-23-21(15)26-17)25-14-3-4-16-18(9-14)29-12-24-16/h3-5,9-12H,2,6-8H2,1H3,(H2,22,23,25,26). The van der Waals surface area contributed by atoms with E-state index in [0.29, 0.717) is 13.0 Å². The highest BCUT2D eigenvalue weighted by atomic mass is 32.1. The van der Waals surface area contributed by atoms with Gasteiger partial charge in [-0.3, -0.25) is 4.79 Å². The Kier molecular flexibility index (Phi) is 4.48. The molecule has 3 aromatic heterocycles. The number of fused-ring (bicyclic) bond motifs is 2. The van der Waals surface area contributed by atoms with E-state index in [1.807, 2.05) is 29.5 Å². The average Bonchev–Trinajstić information content (AvgIpc) is 3.40. The molecular formula is C21H20N6OS. The fraction of sp³-hybridized carbons (Fsp3) is 0.238. The molecule has 0 spiro atoms. The van der Waals surface area contributed by atoms with Gasteiger partial charge in [0.05, 0.1) is 21.1 Å². The van der Waals surface area contributed by atoms with E-state index in [9.17, 15) is 4.79 Å². The van der Waals surface area contributed by atoms with E-state index in [0.717, 1.165) is 51.4 Å². The number of carbonyl (C=O) groups excluding carboxylic acids is 1. The SMILES string of the molecule is CCC(=O)N1CC=C(c2cc3c(Nc4ccc5ncsc5c4)ncnc3[nH]2)CC1. The van der Waals surface area contributed by atoms with Crippen molar-refractivity contribution in [1.82, 2.24) is 24.8 Å². The molecule has 1 aliphatic rings. The smallest absolute Gasteiger partial charge is 0.222 e. The van der Waals surface area contributed by atoms with Crippen LogP contribution in [-0.4, -0.2) is 43.8 Å². The molecule has 146 valence electrons. The van der Waals surface area contributed by atoms with Crippen molar-refractivity contribution in [2.75, 3.05) is 18.4 Å². The molecule has 1 aromatic carbocycles. The zero-order chi connectivity index (χ0) is 19.8. The lowest BCUT2D eigenvalue weighted by Crippen LogP contribution is -2.34. The fourth-order valence-electron chi connectivity index (χ4n) is 3.65. The van der Waals surface area contributed by atoms with E-state index in [1.165, 1.54) is 5.57 Å². The van der Waals surface area contributed by atoms with Crippen molar-refractivity contribution in [3.05, 3.63) is 47.9 Å². The Balaban J connectivity index is 1.44. The Bertz CT molecular complexity index is 1240. The Morgan fingerprint density at radius 2 is 2.21 bits per heavy atom. The van der Waals surface area contributed by atoms with Crippen molar-refractivity contribution in [1.29, 1.82) is 0 Å². The Labute approximate surface area is 171 Å². The number of anilines is 2. The highest BCUT2D eigenvalue weighted by molar-refractivity contribution is 7.16. The highest BCUT2D eigenvalue weighted by Crippen LogP contribution is 2.30. The molecule has 4 aromatic rings. The second-order valence-electron chi connectivity index (χ2n) is 7.00. The van der Waals surface area contributed by atoms with Crippen molar-refractivity contribution in [2.24, 2.45) is 0 Å². The van der Waals surface area contributed by atoms with Crippen molar-refractivity contribution < 1.29 is 4.79 Å².